The number of amides is 1. The molecule has 0 saturated carbocycles. The summed E-state index contributed by atoms with van der Waals surface area (Å²) in [5.41, 5.74) is 1.79. The van der Waals surface area contributed by atoms with E-state index in [0.717, 1.165) is 5.69 Å². The molecule has 1 aromatic rings. The van der Waals surface area contributed by atoms with Crippen molar-refractivity contribution < 1.29 is 4.79 Å². The third-order valence-corrected chi connectivity index (χ3v) is 2.22. The number of rotatable bonds is 3. The highest BCUT2D eigenvalue weighted by atomic mass is 16.2. The van der Waals surface area contributed by atoms with Crippen molar-refractivity contribution in [1.29, 1.82) is 0 Å². The molecule has 0 spiro atoms. The molecule has 0 radical (unpaired) electrons. The minimum absolute atomic E-state index is 0.0902. The predicted molar refractivity (Wildman–Crippen MR) is 62.7 cm³/mol. The zero-order valence-electron chi connectivity index (χ0n) is 9.40. The Hall–Kier alpha value is -1.55. The number of carbonyl (C=O) groups excluding carboxylic acids is 1. The van der Waals surface area contributed by atoms with Gasteiger partial charge in [0.25, 0.3) is 0 Å². The van der Waals surface area contributed by atoms with Crippen molar-refractivity contribution in [3.05, 3.63) is 24.3 Å². The van der Waals surface area contributed by atoms with Gasteiger partial charge in [-0.05, 0) is 24.3 Å². The van der Waals surface area contributed by atoms with Gasteiger partial charge < -0.3 is 4.90 Å². The Morgan fingerprint density at radius 3 is 2.07 bits per heavy atom. The van der Waals surface area contributed by atoms with E-state index in [1.165, 1.54) is 5.01 Å². The lowest BCUT2D eigenvalue weighted by molar-refractivity contribution is -0.118. The van der Waals surface area contributed by atoms with Gasteiger partial charge in [-0.3, -0.25) is 4.79 Å². The SMILES string of the molecule is CCC(=O)N(N)c1ccc(N(C)C)cc1. The Labute approximate surface area is 90.2 Å². The number of carbonyl (C=O) groups is 1. The monoisotopic (exact) mass is 207 g/mol. The van der Waals surface area contributed by atoms with E-state index in [9.17, 15) is 4.79 Å². The van der Waals surface area contributed by atoms with Gasteiger partial charge in [0.05, 0.1) is 5.69 Å². The van der Waals surface area contributed by atoms with Crippen molar-refractivity contribution in [2.75, 3.05) is 24.0 Å². The minimum Gasteiger partial charge on any atom is -0.378 e. The maximum Gasteiger partial charge on any atom is 0.240 e. The zero-order chi connectivity index (χ0) is 11.4. The second-order valence-electron chi connectivity index (χ2n) is 3.53. The Morgan fingerprint density at radius 2 is 1.67 bits per heavy atom. The van der Waals surface area contributed by atoms with Crippen LogP contribution in [0.25, 0.3) is 0 Å². The first-order valence-electron chi connectivity index (χ1n) is 4.91. The number of nitrogens with two attached hydrogens (primary N) is 1. The second kappa shape index (κ2) is 4.79. The Kier molecular flexibility index (Phi) is 3.68. The van der Waals surface area contributed by atoms with E-state index in [1.807, 2.05) is 43.3 Å². The van der Waals surface area contributed by atoms with Crippen LogP contribution >= 0.6 is 0 Å². The van der Waals surface area contributed by atoms with Crippen molar-refractivity contribution >= 4 is 17.3 Å². The highest BCUT2D eigenvalue weighted by Crippen LogP contribution is 2.17. The van der Waals surface area contributed by atoms with Crippen molar-refractivity contribution in [3.63, 3.8) is 0 Å². The lowest BCUT2D eigenvalue weighted by Crippen LogP contribution is -2.36. The van der Waals surface area contributed by atoms with E-state index in [0.29, 0.717) is 12.1 Å². The van der Waals surface area contributed by atoms with E-state index in [2.05, 4.69) is 0 Å². The molecule has 0 fully saturated rings. The lowest BCUT2D eigenvalue weighted by Gasteiger charge is -2.18. The van der Waals surface area contributed by atoms with Crippen LogP contribution in [-0.2, 0) is 4.79 Å². The molecular weight excluding hydrogens is 190 g/mol. The molecule has 0 bridgehead atoms. The first-order valence-corrected chi connectivity index (χ1v) is 4.91. The van der Waals surface area contributed by atoms with Gasteiger partial charge in [-0.1, -0.05) is 6.92 Å². The maximum atomic E-state index is 11.3. The van der Waals surface area contributed by atoms with Crippen LogP contribution in [-0.4, -0.2) is 20.0 Å². The van der Waals surface area contributed by atoms with E-state index in [4.69, 9.17) is 5.84 Å². The quantitative estimate of drug-likeness (QED) is 0.462. The summed E-state index contributed by atoms with van der Waals surface area (Å²) in [5.74, 6) is 5.56. The Bertz CT molecular complexity index is 332. The fraction of sp³-hybridized carbons (Fsp3) is 0.364. The number of hydrogen-bond acceptors (Lipinski definition) is 3. The van der Waals surface area contributed by atoms with Crippen LogP contribution in [0.2, 0.25) is 0 Å². The van der Waals surface area contributed by atoms with Crippen LogP contribution < -0.4 is 15.8 Å². The molecule has 0 heterocycles. The minimum atomic E-state index is -0.0902. The van der Waals surface area contributed by atoms with Gasteiger partial charge in [-0.25, -0.2) is 10.9 Å². The molecule has 1 aromatic carbocycles. The maximum absolute atomic E-state index is 11.3. The topological polar surface area (TPSA) is 49.6 Å². The molecule has 2 N–H and O–H groups in total. The van der Waals surface area contributed by atoms with Gasteiger partial charge in [0.2, 0.25) is 5.91 Å². The summed E-state index contributed by atoms with van der Waals surface area (Å²) in [6, 6.07) is 7.53. The standard InChI is InChI=1S/C11H17N3O/c1-4-11(15)14(12)10-7-5-9(6-8-10)13(2)3/h5-8H,4,12H2,1-3H3. The summed E-state index contributed by atoms with van der Waals surface area (Å²) in [5, 5.41) is 1.18. The van der Waals surface area contributed by atoms with Crippen LogP contribution in [0.15, 0.2) is 24.3 Å². The molecule has 1 rings (SSSR count). The van der Waals surface area contributed by atoms with E-state index in [1.54, 1.807) is 6.92 Å². The third-order valence-electron chi connectivity index (χ3n) is 2.22. The molecule has 4 heteroatoms. The fourth-order valence-electron chi connectivity index (χ4n) is 1.23. The molecule has 15 heavy (non-hydrogen) atoms. The van der Waals surface area contributed by atoms with E-state index < -0.39 is 0 Å². The molecule has 0 aliphatic carbocycles. The first-order chi connectivity index (χ1) is 7.06. The number of benzene rings is 1. The van der Waals surface area contributed by atoms with Gasteiger partial charge in [0.1, 0.15) is 0 Å². The first kappa shape index (κ1) is 11.5. The van der Waals surface area contributed by atoms with Crippen molar-refractivity contribution in [3.8, 4) is 0 Å². The highest BCUT2D eigenvalue weighted by molar-refractivity contribution is 5.92. The summed E-state index contributed by atoms with van der Waals surface area (Å²) in [7, 11) is 3.93. The third kappa shape index (κ3) is 2.70. The smallest absolute Gasteiger partial charge is 0.240 e. The average Bonchev–Trinajstić information content (AvgIpc) is 2.27. The van der Waals surface area contributed by atoms with E-state index in [-0.39, 0.29) is 5.91 Å². The highest BCUT2D eigenvalue weighted by Gasteiger charge is 2.08. The summed E-state index contributed by atoms with van der Waals surface area (Å²) >= 11 is 0. The Balaban J connectivity index is 2.84. The molecule has 0 saturated heterocycles. The number of anilines is 2. The van der Waals surface area contributed by atoms with Crippen LogP contribution in [0.3, 0.4) is 0 Å². The number of hydrazine groups is 1. The molecule has 4 nitrogen and oxygen atoms in total. The average molecular weight is 207 g/mol. The normalized spacial score (nSPS) is 9.87. The molecule has 0 aliphatic rings. The van der Waals surface area contributed by atoms with Gasteiger partial charge in [0.15, 0.2) is 0 Å². The van der Waals surface area contributed by atoms with Crippen LogP contribution in [0.5, 0.6) is 0 Å². The van der Waals surface area contributed by atoms with Gasteiger partial charge in [0, 0.05) is 26.2 Å². The molecule has 0 aromatic heterocycles. The van der Waals surface area contributed by atoms with Gasteiger partial charge in [-0.15, -0.1) is 0 Å². The summed E-state index contributed by atoms with van der Waals surface area (Å²) in [6.45, 7) is 1.79. The molecular formula is C11H17N3O. The molecule has 0 aliphatic heterocycles. The summed E-state index contributed by atoms with van der Waals surface area (Å²) < 4.78 is 0. The second-order valence-corrected chi connectivity index (χ2v) is 3.53. The molecule has 82 valence electrons. The fourth-order valence-corrected chi connectivity index (χ4v) is 1.23. The van der Waals surface area contributed by atoms with Crippen molar-refractivity contribution in [1.82, 2.24) is 0 Å². The van der Waals surface area contributed by atoms with Crippen LogP contribution in [0.4, 0.5) is 11.4 Å². The van der Waals surface area contributed by atoms with Crippen LogP contribution in [0.1, 0.15) is 13.3 Å². The number of nitrogens with zero attached hydrogens (tertiary/aromatic N) is 2. The summed E-state index contributed by atoms with van der Waals surface area (Å²) in [4.78, 5) is 13.3. The summed E-state index contributed by atoms with van der Waals surface area (Å²) in [6.07, 6.45) is 0.409. The van der Waals surface area contributed by atoms with E-state index >= 15 is 0 Å². The molecule has 1 amide bonds. The van der Waals surface area contributed by atoms with Gasteiger partial charge >= 0.3 is 0 Å². The zero-order valence-corrected chi connectivity index (χ0v) is 9.40. The molecule has 0 atom stereocenters. The van der Waals surface area contributed by atoms with Crippen molar-refractivity contribution in [2.45, 2.75) is 13.3 Å². The van der Waals surface area contributed by atoms with Crippen molar-refractivity contribution in [2.24, 2.45) is 5.84 Å². The predicted octanol–water partition coefficient (Wildman–Crippen LogP) is 1.37. The largest absolute Gasteiger partial charge is 0.378 e. The van der Waals surface area contributed by atoms with Crippen LogP contribution in [0, 0.1) is 0 Å². The number of hydrogen-bond donors (Lipinski definition) is 1. The molecule has 0 unspecified atom stereocenters. The Morgan fingerprint density at radius 1 is 1.20 bits per heavy atom. The van der Waals surface area contributed by atoms with Gasteiger partial charge in [-0.2, -0.15) is 0 Å². The lowest BCUT2D eigenvalue weighted by atomic mass is 10.2.